The first-order valence-corrected chi connectivity index (χ1v) is 7.52. The van der Waals surface area contributed by atoms with Crippen molar-refractivity contribution in [1.82, 2.24) is 5.32 Å². The maximum atomic E-state index is 12.0. The first kappa shape index (κ1) is 12.9. The molecule has 0 saturated heterocycles. The predicted molar refractivity (Wildman–Crippen MR) is 69.1 cm³/mol. The fourth-order valence-corrected chi connectivity index (χ4v) is 2.32. The third-order valence-electron chi connectivity index (χ3n) is 3.03. The maximum Gasteiger partial charge on any atom is 0.251 e. The summed E-state index contributed by atoms with van der Waals surface area (Å²) >= 11 is 0. The van der Waals surface area contributed by atoms with Gasteiger partial charge in [-0.05, 0) is 38.0 Å². The van der Waals surface area contributed by atoms with Crippen LogP contribution in [0.3, 0.4) is 0 Å². The molecule has 0 bridgehead atoms. The van der Waals surface area contributed by atoms with Crippen LogP contribution < -0.4 is 11.1 Å². The number of anilines is 1. The van der Waals surface area contributed by atoms with Crippen molar-refractivity contribution in [2.75, 3.05) is 12.0 Å². The van der Waals surface area contributed by atoms with Crippen molar-refractivity contribution in [2.24, 2.45) is 0 Å². The first-order chi connectivity index (χ1) is 8.20. The van der Waals surface area contributed by atoms with Gasteiger partial charge in [-0.15, -0.1) is 0 Å². The Hall–Kier alpha value is -1.56. The molecule has 0 spiro atoms. The second-order valence-corrected chi connectivity index (χ2v) is 7.09. The van der Waals surface area contributed by atoms with Gasteiger partial charge in [-0.25, -0.2) is 8.42 Å². The van der Waals surface area contributed by atoms with E-state index in [1.807, 2.05) is 6.92 Å². The summed E-state index contributed by atoms with van der Waals surface area (Å²) in [6.07, 6.45) is 2.98. The molecule has 1 saturated carbocycles. The lowest BCUT2D eigenvalue weighted by molar-refractivity contribution is 0.0935. The summed E-state index contributed by atoms with van der Waals surface area (Å²) in [6, 6.07) is 4.19. The third-order valence-corrected chi connectivity index (χ3v) is 4.13. The van der Waals surface area contributed by atoms with Crippen molar-refractivity contribution in [3.63, 3.8) is 0 Å². The zero-order valence-electron chi connectivity index (χ0n) is 10.4. The van der Waals surface area contributed by atoms with E-state index >= 15 is 0 Å². The number of nitrogens with two attached hydrogens (primary N) is 1. The van der Waals surface area contributed by atoms with Crippen LogP contribution in [0.15, 0.2) is 23.1 Å². The van der Waals surface area contributed by atoms with Gasteiger partial charge in [0.25, 0.3) is 5.91 Å². The summed E-state index contributed by atoms with van der Waals surface area (Å²) < 4.78 is 22.9. The number of hydrogen-bond acceptors (Lipinski definition) is 4. The molecule has 6 heteroatoms. The average molecular weight is 268 g/mol. The highest BCUT2D eigenvalue weighted by Crippen LogP contribution is 2.34. The Bertz CT molecular complexity index is 604. The van der Waals surface area contributed by atoms with Crippen LogP contribution in [-0.4, -0.2) is 26.1 Å². The molecule has 5 nitrogen and oxygen atoms in total. The van der Waals surface area contributed by atoms with Crippen molar-refractivity contribution in [3.05, 3.63) is 23.8 Å². The van der Waals surface area contributed by atoms with Gasteiger partial charge in [0.05, 0.1) is 4.90 Å². The molecule has 1 aliphatic rings. The fraction of sp³-hybridized carbons (Fsp3) is 0.417. The third kappa shape index (κ3) is 2.81. The van der Waals surface area contributed by atoms with Gasteiger partial charge in [0.15, 0.2) is 9.84 Å². The SMILES string of the molecule is CC1(NC(=O)c2cc(N)cc(S(C)(=O)=O)c2)CC1. The molecule has 3 N–H and O–H groups in total. The molecule has 2 rings (SSSR count). The van der Waals surface area contributed by atoms with Crippen LogP contribution in [0.25, 0.3) is 0 Å². The monoisotopic (exact) mass is 268 g/mol. The lowest BCUT2D eigenvalue weighted by Gasteiger charge is -2.12. The van der Waals surface area contributed by atoms with Crippen LogP contribution in [0.5, 0.6) is 0 Å². The topological polar surface area (TPSA) is 89.3 Å². The van der Waals surface area contributed by atoms with Crippen LogP contribution in [0.2, 0.25) is 0 Å². The van der Waals surface area contributed by atoms with Gasteiger partial charge in [0, 0.05) is 23.0 Å². The molecule has 0 aliphatic heterocycles. The summed E-state index contributed by atoms with van der Waals surface area (Å²) in [5, 5.41) is 2.86. The minimum absolute atomic E-state index is 0.0635. The van der Waals surface area contributed by atoms with Gasteiger partial charge in [-0.2, -0.15) is 0 Å². The van der Waals surface area contributed by atoms with Gasteiger partial charge in [-0.3, -0.25) is 4.79 Å². The van der Waals surface area contributed by atoms with Crippen LogP contribution >= 0.6 is 0 Å². The van der Waals surface area contributed by atoms with Crippen molar-refractivity contribution < 1.29 is 13.2 Å². The molecular formula is C12H16N2O3S. The number of carbonyl (C=O) groups excluding carboxylic acids is 1. The summed E-state index contributed by atoms with van der Waals surface area (Å²) in [6.45, 7) is 1.95. The smallest absolute Gasteiger partial charge is 0.251 e. The summed E-state index contributed by atoms with van der Waals surface area (Å²) in [5.41, 5.74) is 6.03. The number of hydrogen-bond donors (Lipinski definition) is 2. The van der Waals surface area contributed by atoms with Gasteiger partial charge >= 0.3 is 0 Å². The van der Waals surface area contributed by atoms with Gasteiger partial charge in [0.1, 0.15) is 0 Å². The quantitative estimate of drug-likeness (QED) is 0.799. The Balaban J connectivity index is 2.33. The van der Waals surface area contributed by atoms with E-state index in [2.05, 4.69) is 5.32 Å². The number of sulfone groups is 1. The zero-order valence-corrected chi connectivity index (χ0v) is 11.2. The van der Waals surface area contributed by atoms with Crippen molar-refractivity contribution in [3.8, 4) is 0 Å². The number of rotatable bonds is 3. The van der Waals surface area contributed by atoms with Crippen LogP contribution in [0.1, 0.15) is 30.1 Å². The second kappa shape index (κ2) is 3.98. The second-order valence-electron chi connectivity index (χ2n) is 5.08. The Morgan fingerprint density at radius 1 is 1.33 bits per heavy atom. The van der Waals surface area contributed by atoms with Crippen LogP contribution in [-0.2, 0) is 9.84 Å². The van der Waals surface area contributed by atoms with E-state index in [0.29, 0.717) is 0 Å². The molecule has 98 valence electrons. The minimum Gasteiger partial charge on any atom is -0.399 e. The lowest BCUT2D eigenvalue weighted by atomic mass is 10.1. The van der Waals surface area contributed by atoms with Crippen molar-refractivity contribution in [1.29, 1.82) is 0 Å². The largest absolute Gasteiger partial charge is 0.399 e. The Morgan fingerprint density at radius 2 is 1.94 bits per heavy atom. The number of nitrogen functional groups attached to an aromatic ring is 1. The van der Waals surface area contributed by atoms with Gasteiger partial charge in [-0.1, -0.05) is 0 Å². The highest BCUT2D eigenvalue weighted by molar-refractivity contribution is 7.90. The number of nitrogens with one attached hydrogen (secondary N) is 1. The van der Waals surface area contributed by atoms with Crippen molar-refractivity contribution in [2.45, 2.75) is 30.2 Å². The van der Waals surface area contributed by atoms with E-state index in [1.54, 1.807) is 0 Å². The lowest BCUT2D eigenvalue weighted by Crippen LogP contribution is -2.34. The first-order valence-electron chi connectivity index (χ1n) is 5.63. The van der Waals surface area contributed by atoms with E-state index in [-0.39, 0.29) is 27.6 Å². The Morgan fingerprint density at radius 3 is 2.44 bits per heavy atom. The molecule has 0 unspecified atom stereocenters. The number of carbonyl (C=O) groups is 1. The molecular weight excluding hydrogens is 252 g/mol. The van der Waals surface area contributed by atoms with Crippen molar-refractivity contribution >= 4 is 21.4 Å². The Kier molecular flexibility index (Phi) is 2.85. The molecule has 18 heavy (non-hydrogen) atoms. The summed E-state index contributed by atoms with van der Waals surface area (Å²) in [4.78, 5) is 12.0. The normalized spacial score (nSPS) is 17.2. The number of amides is 1. The molecule has 0 atom stereocenters. The molecule has 0 aromatic heterocycles. The predicted octanol–water partition coefficient (Wildman–Crippen LogP) is 0.955. The summed E-state index contributed by atoms with van der Waals surface area (Å²) in [5.74, 6) is -0.285. The molecule has 1 fully saturated rings. The van der Waals surface area contributed by atoms with Gasteiger partial charge in [0.2, 0.25) is 0 Å². The van der Waals surface area contributed by atoms with Crippen LogP contribution in [0.4, 0.5) is 5.69 Å². The molecule has 0 heterocycles. The van der Waals surface area contributed by atoms with E-state index in [4.69, 9.17) is 5.73 Å². The number of benzene rings is 1. The molecule has 1 aliphatic carbocycles. The molecule has 1 amide bonds. The van der Waals surface area contributed by atoms with Gasteiger partial charge < -0.3 is 11.1 Å². The highest BCUT2D eigenvalue weighted by Gasteiger charge is 2.38. The summed E-state index contributed by atoms with van der Waals surface area (Å²) in [7, 11) is -3.37. The van der Waals surface area contributed by atoms with E-state index in [9.17, 15) is 13.2 Å². The van der Waals surface area contributed by atoms with E-state index in [1.165, 1.54) is 18.2 Å². The standard InChI is InChI=1S/C12H16N2O3S/c1-12(3-4-12)14-11(15)8-5-9(13)7-10(6-8)18(2,16)17/h5-7H,3-4,13H2,1-2H3,(H,14,15). The van der Waals surface area contributed by atoms with E-state index in [0.717, 1.165) is 19.1 Å². The van der Waals surface area contributed by atoms with E-state index < -0.39 is 9.84 Å². The van der Waals surface area contributed by atoms with Crippen LogP contribution in [0, 0.1) is 0 Å². The maximum absolute atomic E-state index is 12.0. The highest BCUT2D eigenvalue weighted by atomic mass is 32.2. The molecule has 1 aromatic carbocycles. The Labute approximate surface area is 106 Å². The average Bonchev–Trinajstić information content (AvgIpc) is 2.93. The molecule has 0 radical (unpaired) electrons. The fourth-order valence-electron chi connectivity index (χ4n) is 1.63. The molecule has 1 aromatic rings. The zero-order chi connectivity index (χ0) is 13.6. The minimum atomic E-state index is -3.37.